The molecule has 0 aromatic heterocycles. The lowest BCUT2D eigenvalue weighted by molar-refractivity contribution is 0.609. The number of halogens is 2. The van der Waals surface area contributed by atoms with Gasteiger partial charge < -0.3 is 0 Å². The molecule has 0 radical (unpaired) electrons. The van der Waals surface area contributed by atoms with Crippen molar-refractivity contribution in [3.05, 3.63) is 34.9 Å². The predicted molar refractivity (Wildman–Crippen MR) is 54.8 cm³/mol. The van der Waals surface area contributed by atoms with E-state index in [1.54, 1.807) is 24.3 Å². The summed E-state index contributed by atoms with van der Waals surface area (Å²) in [5.74, 6) is -0.0454. The van der Waals surface area contributed by atoms with Crippen LogP contribution in [0.25, 0.3) is 0 Å². The average Bonchev–Trinajstić information content (AvgIpc) is 2.02. The first-order valence-corrected chi connectivity index (χ1v) is 6.50. The van der Waals surface area contributed by atoms with Crippen LogP contribution in [-0.4, -0.2) is 14.2 Å². The van der Waals surface area contributed by atoms with Crippen molar-refractivity contribution < 1.29 is 8.42 Å². The fraction of sp³-hybridized carbons (Fsp3) is 0.250. The molecule has 72 valence electrons. The van der Waals surface area contributed by atoms with Crippen molar-refractivity contribution in [2.75, 3.05) is 5.75 Å². The summed E-state index contributed by atoms with van der Waals surface area (Å²) in [5, 5.41) is 0.637. The Morgan fingerprint density at radius 3 is 2.15 bits per heavy atom. The van der Waals surface area contributed by atoms with Crippen molar-refractivity contribution in [2.45, 2.75) is 6.42 Å². The summed E-state index contributed by atoms with van der Waals surface area (Å²) < 4.78 is 21.2. The number of hydrogen-bond acceptors (Lipinski definition) is 2. The van der Waals surface area contributed by atoms with Crippen molar-refractivity contribution >= 4 is 31.3 Å². The standard InChI is InChI=1S/C8H8Cl2O2S/c9-8-3-1-7(2-4-8)5-6-13(10,11)12/h1-4H,5-6H2. The first-order valence-electron chi connectivity index (χ1n) is 3.64. The Bertz CT molecular complexity index is 370. The van der Waals surface area contributed by atoms with Crippen molar-refractivity contribution in [1.29, 1.82) is 0 Å². The summed E-state index contributed by atoms with van der Waals surface area (Å²) in [4.78, 5) is 0. The van der Waals surface area contributed by atoms with E-state index in [4.69, 9.17) is 22.3 Å². The SMILES string of the molecule is O=S(=O)(Cl)CCc1ccc(Cl)cc1. The molecule has 0 spiro atoms. The molecule has 1 aromatic rings. The molecular formula is C8H8Cl2O2S. The summed E-state index contributed by atoms with van der Waals surface area (Å²) in [5.41, 5.74) is 0.911. The summed E-state index contributed by atoms with van der Waals surface area (Å²) >= 11 is 5.66. The van der Waals surface area contributed by atoms with Gasteiger partial charge in [0.25, 0.3) is 0 Å². The van der Waals surface area contributed by atoms with E-state index < -0.39 is 9.05 Å². The third-order valence-electron chi connectivity index (χ3n) is 1.55. The normalized spacial score (nSPS) is 11.5. The largest absolute Gasteiger partial charge is 0.232 e. The Morgan fingerprint density at radius 1 is 1.15 bits per heavy atom. The molecule has 0 aliphatic heterocycles. The lowest BCUT2D eigenvalue weighted by Crippen LogP contribution is -2.00. The van der Waals surface area contributed by atoms with Crippen LogP contribution in [0.2, 0.25) is 5.02 Å². The van der Waals surface area contributed by atoms with Crippen LogP contribution >= 0.6 is 22.3 Å². The molecule has 0 heterocycles. The second-order valence-electron chi connectivity index (χ2n) is 2.62. The minimum absolute atomic E-state index is 0.0454. The van der Waals surface area contributed by atoms with Crippen molar-refractivity contribution in [3.63, 3.8) is 0 Å². The number of hydrogen-bond donors (Lipinski definition) is 0. The molecule has 13 heavy (non-hydrogen) atoms. The van der Waals surface area contributed by atoms with Gasteiger partial charge in [0.1, 0.15) is 0 Å². The maximum atomic E-state index is 10.6. The molecule has 0 atom stereocenters. The molecule has 0 amide bonds. The van der Waals surface area contributed by atoms with Crippen LogP contribution in [0.5, 0.6) is 0 Å². The van der Waals surface area contributed by atoms with Crippen LogP contribution in [0.15, 0.2) is 24.3 Å². The first kappa shape index (κ1) is 10.8. The third kappa shape index (κ3) is 4.50. The van der Waals surface area contributed by atoms with E-state index in [1.165, 1.54) is 0 Å². The maximum absolute atomic E-state index is 10.6. The van der Waals surface area contributed by atoms with Crippen molar-refractivity contribution in [2.24, 2.45) is 0 Å². The molecule has 0 N–H and O–H groups in total. The van der Waals surface area contributed by atoms with Crippen LogP contribution in [0.4, 0.5) is 0 Å². The fourth-order valence-corrected chi connectivity index (χ4v) is 1.73. The van der Waals surface area contributed by atoms with E-state index in [2.05, 4.69) is 0 Å². The van der Waals surface area contributed by atoms with Crippen LogP contribution in [-0.2, 0) is 15.5 Å². The van der Waals surface area contributed by atoms with Crippen molar-refractivity contribution in [1.82, 2.24) is 0 Å². The summed E-state index contributed by atoms with van der Waals surface area (Å²) in [6.07, 6.45) is 0.420. The topological polar surface area (TPSA) is 34.1 Å². The first-order chi connectivity index (χ1) is 5.97. The molecule has 0 aliphatic carbocycles. The lowest BCUT2D eigenvalue weighted by Gasteiger charge is -1.98. The van der Waals surface area contributed by atoms with Gasteiger partial charge in [0.15, 0.2) is 0 Å². The smallest absolute Gasteiger partial charge is 0.212 e. The van der Waals surface area contributed by atoms with Gasteiger partial charge >= 0.3 is 0 Å². The molecule has 0 bridgehead atoms. The van der Waals surface area contributed by atoms with Crippen LogP contribution in [0.1, 0.15) is 5.56 Å². The third-order valence-corrected chi connectivity index (χ3v) is 2.95. The predicted octanol–water partition coefficient (Wildman–Crippen LogP) is 2.45. The highest BCUT2D eigenvalue weighted by Crippen LogP contribution is 2.11. The zero-order chi connectivity index (χ0) is 9.90. The van der Waals surface area contributed by atoms with Gasteiger partial charge in [-0.2, -0.15) is 0 Å². The molecule has 1 rings (SSSR count). The zero-order valence-electron chi connectivity index (χ0n) is 6.70. The average molecular weight is 239 g/mol. The molecule has 1 aromatic carbocycles. The Morgan fingerprint density at radius 2 is 1.69 bits per heavy atom. The Balaban J connectivity index is 2.61. The second kappa shape index (κ2) is 4.31. The summed E-state index contributed by atoms with van der Waals surface area (Å²) in [6.45, 7) is 0. The van der Waals surface area contributed by atoms with E-state index >= 15 is 0 Å². The molecular weight excluding hydrogens is 231 g/mol. The molecule has 0 fully saturated rings. The van der Waals surface area contributed by atoms with Crippen LogP contribution in [0.3, 0.4) is 0 Å². The molecule has 2 nitrogen and oxygen atoms in total. The van der Waals surface area contributed by atoms with E-state index in [9.17, 15) is 8.42 Å². The Hall–Kier alpha value is -0.250. The Kier molecular flexibility index (Phi) is 3.59. The van der Waals surface area contributed by atoms with Gasteiger partial charge in [-0.05, 0) is 24.1 Å². The van der Waals surface area contributed by atoms with E-state index in [0.29, 0.717) is 11.4 Å². The van der Waals surface area contributed by atoms with Crippen molar-refractivity contribution in [3.8, 4) is 0 Å². The van der Waals surface area contributed by atoms with Gasteiger partial charge in [0, 0.05) is 15.7 Å². The Labute approximate surface area is 86.9 Å². The number of aryl methyl sites for hydroxylation is 1. The fourth-order valence-electron chi connectivity index (χ4n) is 0.891. The molecule has 0 saturated carbocycles. The second-order valence-corrected chi connectivity index (χ2v) is 5.95. The molecule has 5 heteroatoms. The number of rotatable bonds is 3. The zero-order valence-corrected chi connectivity index (χ0v) is 9.03. The minimum Gasteiger partial charge on any atom is -0.212 e. The van der Waals surface area contributed by atoms with E-state index in [1.807, 2.05) is 0 Å². The summed E-state index contributed by atoms with van der Waals surface area (Å²) in [6, 6.07) is 7.00. The quantitative estimate of drug-likeness (QED) is 0.759. The maximum Gasteiger partial charge on any atom is 0.232 e. The van der Waals surface area contributed by atoms with E-state index in [-0.39, 0.29) is 5.75 Å². The van der Waals surface area contributed by atoms with E-state index in [0.717, 1.165) is 5.56 Å². The van der Waals surface area contributed by atoms with Crippen LogP contribution in [0, 0.1) is 0 Å². The highest BCUT2D eigenvalue weighted by molar-refractivity contribution is 8.13. The monoisotopic (exact) mass is 238 g/mol. The van der Waals surface area contributed by atoms with Gasteiger partial charge in [-0.25, -0.2) is 8.42 Å². The highest BCUT2D eigenvalue weighted by Gasteiger charge is 2.04. The van der Waals surface area contributed by atoms with Crippen LogP contribution < -0.4 is 0 Å². The summed E-state index contributed by atoms with van der Waals surface area (Å²) in [7, 11) is 1.67. The minimum atomic E-state index is -3.39. The van der Waals surface area contributed by atoms with Gasteiger partial charge in [-0.3, -0.25) is 0 Å². The van der Waals surface area contributed by atoms with Gasteiger partial charge in [0.2, 0.25) is 9.05 Å². The molecule has 0 unspecified atom stereocenters. The van der Waals surface area contributed by atoms with Gasteiger partial charge in [0.05, 0.1) is 5.75 Å². The van der Waals surface area contributed by atoms with Gasteiger partial charge in [-0.1, -0.05) is 23.7 Å². The lowest BCUT2D eigenvalue weighted by atomic mass is 10.2. The van der Waals surface area contributed by atoms with Gasteiger partial charge in [-0.15, -0.1) is 0 Å². The molecule has 0 saturated heterocycles. The highest BCUT2D eigenvalue weighted by atomic mass is 35.7. The molecule has 0 aliphatic rings. The number of benzene rings is 1.